The van der Waals surface area contributed by atoms with E-state index in [1.165, 1.54) is 0 Å². The smallest absolute Gasteiger partial charge is 0.400 e. The molecule has 1 saturated heterocycles. The van der Waals surface area contributed by atoms with E-state index in [1.54, 1.807) is 6.07 Å². The largest absolute Gasteiger partial charge is 0.491 e. The summed E-state index contributed by atoms with van der Waals surface area (Å²) in [5.41, 5.74) is 10.1. The van der Waals surface area contributed by atoms with Crippen LogP contribution in [0.1, 0.15) is 33.3 Å². The van der Waals surface area contributed by atoms with E-state index in [2.05, 4.69) is 22.7 Å². The van der Waals surface area contributed by atoms with Gasteiger partial charge in [-0.05, 0) is 44.3 Å². The average Bonchev–Trinajstić information content (AvgIpc) is 2.66. The molecule has 0 spiro atoms. The summed E-state index contributed by atoms with van der Waals surface area (Å²) in [6, 6.07) is 7.38. The number of rotatable bonds is 4. The minimum Gasteiger partial charge on any atom is -0.400 e. The van der Waals surface area contributed by atoms with Crippen LogP contribution in [0.4, 0.5) is 5.69 Å². The first-order valence-electron chi connectivity index (χ1n) is 7.12. The van der Waals surface area contributed by atoms with Crippen LogP contribution >= 0.6 is 12.6 Å². The molecule has 0 amide bonds. The molecule has 22 heavy (non-hydrogen) atoms. The Bertz CT molecular complexity index is 623. The van der Waals surface area contributed by atoms with Gasteiger partial charge in [-0.15, -0.1) is 0 Å². The molecule has 0 radical (unpaired) electrons. The van der Waals surface area contributed by atoms with Gasteiger partial charge in [0.15, 0.2) is 0 Å². The molecular weight excluding hydrogens is 297 g/mol. The molecule has 2 rings (SSSR count). The Labute approximate surface area is 136 Å². The normalized spacial score (nSPS) is 19.9. The molecule has 1 aliphatic heterocycles. The molecule has 1 heterocycles. The first-order chi connectivity index (χ1) is 10.3. The number of azide groups is 1. The topological polar surface area (TPSA) is 67.2 Å². The van der Waals surface area contributed by atoms with Crippen molar-refractivity contribution in [2.45, 2.75) is 38.9 Å². The summed E-state index contributed by atoms with van der Waals surface area (Å²) in [7, 11) is -0.457. The van der Waals surface area contributed by atoms with Gasteiger partial charge >= 0.3 is 7.12 Å². The van der Waals surface area contributed by atoms with Crippen molar-refractivity contribution in [2.75, 3.05) is 5.75 Å². The standard InChI is InChI=1S/C15H20BN3O2S/c1-14(2)15(3,4)21-16(20-14)12(10-22)9-11-7-5-6-8-13(11)18-19-17/h5-9,22H,10H2,1-4H3. The van der Waals surface area contributed by atoms with E-state index in [0.29, 0.717) is 11.4 Å². The highest BCUT2D eigenvalue weighted by Gasteiger charge is 2.52. The average molecular weight is 317 g/mol. The second-order valence-corrected chi connectivity index (χ2v) is 6.53. The fourth-order valence-corrected chi connectivity index (χ4v) is 2.37. The summed E-state index contributed by atoms with van der Waals surface area (Å²) in [6.07, 6.45) is 1.92. The van der Waals surface area contributed by atoms with E-state index in [-0.39, 0.29) is 0 Å². The summed E-state index contributed by atoms with van der Waals surface area (Å²) in [5.74, 6) is 0.488. The van der Waals surface area contributed by atoms with Crippen molar-refractivity contribution in [1.29, 1.82) is 0 Å². The van der Waals surface area contributed by atoms with Gasteiger partial charge in [-0.1, -0.05) is 35.5 Å². The van der Waals surface area contributed by atoms with Gasteiger partial charge in [0.1, 0.15) is 0 Å². The number of benzene rings is 1. The summed E-state index contributed by atoms with van der Waals surface area (Å²) < 4.78 is 12.1. The van der Waals surface area contributed by atoms with Gasteiger partial charge in [0.2, 0.25) is 0 Å². The SMILES string of the molecule is CC1(C)OB(C(=Cc2ccccc2N=[N+]=[N-])CS)OC1(C)C. The molecule has 1 aliphatic rings. The number of thiol groups is 1. The highest BCUT2D eigenvalue weighted by Crippen LogP contribution is 2.39. The Hall–Kier alpha value is -1.40. The van der Waals surface area contributed by atoms with Gasteiger partial charge in [-0.3, -0.25) is 0 Å². The van der Waals surface area contributed by atoms with Crippen LogP contribution in [0.3, 0.4) is 0 Å². The number of hydrogen-bond acceptors (Lipinski definition) is 4. The third kappa shape index (κ3) is 3.33. The van der Waals surface area contributed by atoms with Crippen molar-refractivity contribution in [3.63, 3.8) is 0 Å². The lowest BCUT2D eigenvalue weighted by molar-refractivity contribution is 0.00578. The maximum Gasteiger partial charge on any atom is 0.491 e. The quantitative estimate of drug-likeness (QED) is 0.290. The Morgan fingerprint density at radius 3 is 2.41 bits per heavy atom. The molecule has 0 aromatic heterocycles. The predicted octanol–water partition coefficient (Wildman–Crippen LogP) is 4.57. The van der Waals surface area contributed by atoms with Crippen LogP contribution < -0.4 is 0 Å². The summed E-state index contributed by atoms with van der Waals surface area (Å²) in [5, 5.41) is 3.71. The first kappa shape index (κ1) is 17.0. The van der Waals surface area contributed by atoms with Gasteiger partial charge in [-0.2, -0.15) is 12.6 Å². The molecule has 0 atom stereocenters. The molecule has 0 bridgehead atoms. The Kier molecular flexibility index (Phi) is 4.92. The Balaban J connectivity index is 2.36. The third-order valence-electron chi connectivity index (χ3n) is 4.17. The van der Waals surface area contributed by atoms with Gasteiger partial charge in [0.25, 0.3) is 0 Å². The first-order valence-corrected chi connectivity index (χ1v) is 7.75. The highest BCUT2D eigenvalue weighted by molar-refractivity contribution is 7.80. The second-order valence-electron chi connectivity index (χ2n) is 6.21. The number of nitrogens with zero attached hydrogens (tertiary/aromatic N) is 3. The molecule has 5 nitrogen and oxygen atoms in total. The lowest BCUT2D eigenvalue weighted by Crippen LogP contribution is -2.41. The van der Waals surface area contributed by atoms with Crippen molar-refractivity contribution in [3.8, 4) is 0 Å². The van der Waals surface area contributed by atoms with Crippen LogP contribution in [0.25, 0.3) is 16.5 Å². The maximum absolute atomic E-state index is 8.66. The molecule has 0 unspecified atom stereocenters. The molecule has 1 aromatic rings. The van der Waals surface area contributed by atoms with Gasteiger partial charge in [0.05, 0.1) is 11.2 Å². The van der Waals surface area contributed by atoms with E-state index >= 15 is 0 Å². The molecule has 0 saturated carbocycles. The molecule has 1 fully saturated rings. The van der Waals surface area contributed by atoms with Gasteiger partial charge in [0, 0.05) is 16.4 Å². The van der Waals surface area contributed by atoms with Crippen molar-refractivity contribution in [3.05, 3.63) is 45.7 Å². The highest BCUT2D eigenvalue weighted by atomic mass is 32.1. The van der Waals surface area contributed by atoms with Crippen LogP contribution in [-0.4, -0.2) is 24.1 Å². The summed E-state index contributed by atoms with van der Waals surface area (Å²) in [4.78, 5) is 2.86. The van der Waals surface area contributed by atoms with E-state index in [0.717, 1.165) is 11.0 Å². The van der Waals surface area contributed by atoms with Crippen molar-refractivity contribution in [1.82, 2.24) is 0 Å². The molecule has 1 aromatic carbocycles. The van der Waals surface area contributed by atoms with E-state index < -0.39 is 18.3 Å². The fraction of sp³-hybridized carbons (Fsp3) is 0.467. The zero-order valence-corrected chi connectivity index (χ0v) is 14.2. The molecule has 7 heteroatoms. The zero-order valence-electron chi connectivity index (χ0n) is 13.3. The monoisotopic (exact) mass is 317 g/mol. The van der Waals surface area contributed by atoms with Crippen molar-refractivity contribution < 1.29 is 9.31 Å². The lowest BCUT2D eigenvalue weighted by atomic mass is 9.78. The van der Waals surface area contributed by atoms with Crippen LogP contribution in [0.15, 0.2) is 34.9 Å². The van der Waals surface area contributed by atoms with Crippen molar-refractivity contribution >= 4 is 31.5 Å². The zero-order chi connectivity index (χ0) is 16.4. The number of hydrogen-bond donors (Lipinski definition) is 1. The van der Waals surface area contributed by atoms with Crippen LogP contribution in [0, 0.1) is 0 Å². The minimum atomic E-state index is -0.457. The van der Waals surface area contributed by atoms with Gasteiger partial charge in [-0.25, -0.2) is 0 Å². The lowest BCUT2D eigenvalue weighted by Gasteiger charge is -2.32. The van der Waals surface area contributed by atoms with E-state index in [1.807, 2.05) is 52.0 Å². The minimum absolute atomic E-state index is 0.399. The summed E-state index contributed by atoms with van der Waals surface area (Å²) >= 11 is 4.39. The Morgan fingerprint density at radius 1 is 1.27 bits per heavy atom. The third-order valence-corrected chi connectivity index (χ3v) is 4.53. The molecule has 116 valence electrons. The van der Waals surface area contributed by atoms with E-state index in [4.69, 9.17) is 14.8 Å². The molecule has 0 N–H and O–H groups in total. The van der Waals surface area contributed by atoms with Gasteiger partial charge < -0.3 is 9.31 Å². The second kappa shape index (κ2) is 6.38. The van der Waals surface area contributed by atoms with Crippen LogP contribution in [0.2, 0.25) is 0 Å². The fourth-order valence-electron chi connectivity index (χ4n) is 2.13. The summed E-state index contributed by atoms with van der Waals surface area (Å²) in [6.45, 7) is 8.04. The molecular formula is C15H20BN3O2S. The van der Waals surface area contributed by atoms with Crippen molar-refractivity contribution in [2.24, 2.45) is 5.11 Å². The predicted molar refractivity (Wildman–Crippen MR) is 93.2 cm³/mol. The van der Waals surface area contributed by atoms with Crippen LogP contribution in [0.5, 0.6) is 0 Å². The van der Waals surface area contributed by atoms with E-state index in [9.17, 15) is 0 Å². The van der Waals surface area contributed by atoms with Crippen LogP contribution in [-0.2, 0) is 9.31 Å². The molecule has 0 aliphatic carbocycles. The Morgan fingerprint density at radius 2 is 1.86 bits per heavy atom. The maximum atomic E-state index is 8.66.